The molecule has 2 aromatic rings. The second-order valence-corrected chi connectivity index (χ2v) is 8.42. The maximum absolute atomic E-state index is 13.0. The summed E-state index contributed by atoms with van der Waals surface area (Å²) in [6.45, 7) is 8.48. The minimum Gasteiger partial charge on any atom is -0.490 e. The van der Waals surface area contributed by atoms with Gasteiger partial charge in [0, 0.05) is 19.6 Å². The molecule has 8 heteroatoms. The monoisotopic (exact) mass is 488 g/mol. The quantitative estimate of drug-likeness (QED) is 0.524. The molecule has 0 radical (unpaired) electrons. The zero-order valence-electron chi connectivity index (χ0n) is 20.1. The van der Waals surface area contributed by atoms with Crippen LogP contribution < -0.4 is 19.5 Å². The standard InChI is InChI=1S/C26H33ClN2O5/c1-4-32-22-14-18(15-23(33-5-2)24(22)34-6-3)16-28-25(30)19-10-9-13-29(17-19)26(31)20-11-7-8-12-21(20)27/h7-8,11-12,14-15,19H,4-6,9-10,13,16-17H2,1-3H3,(H,28,30)/t19-/m0/s1. The average Bonchev–Trinajstić information content (AvgIpc) is 2.85. The number of piperidine rings is 1. The molecule has 34 heavy (non-hydrogen) atoms. The van der Waals surface area contributed by atoms with Gasteiger partial charge in [0.05, 0.1) is 36.3 Å². The van der Waals surface area contributed by atoms with Gasteiger partial charge in [0.15, 0.2) is 11.5 Å². The molecule has 1 N–H and O–H groups in total. The number of ether oxygens (including phenoxy) is 3. The summed E-state index contributed by atoms with van der Waals surface area (Å²) in [5.74, 6) is 1.25. The molecular formula is C26H33ClN2O5. The van der Waals surface area contributed by atoms with Crippen molar-refractivity contribution in [3.63, 3.8) is 0 Å². The summed E-state index contributed by atoms with van der Waals surface area (Å²) in [5.41, 5.74) is 1.31. The fourth-order valence-corrected chi connectivity index (χ4v) is 4.28. The van der Waals surface area contributed by atoms with Crippen LogP contribution in [0.3, 0.4) is 0 Å². The number of amides is 2. The van der Waals surface area contributed by atoms with E-state index in [0.29, 0.717) is 67.3 Å². The van der Waals surface area contributed by atoms with E-state index in [9.17, 15) is 9.59 Å². The van der Waals surface area contributed by atoms with Crippen LogP contribution in [0.1, 0.15) is 49.5 Å². The van der Waals surface area contributed by atoms with Gasteiger partial charge >= 0.3 is 0 Å². The highest BCUT2D eigenvalue weighted by Gasteiger charge is 2.29. The summed E-state index contributed by atoms with van der Waals surface area (Å²) in [5, 5.41) is 3.44. The molecule has 0 spiro atoms. The number of hydrogen-bond acceptors (Lipinski definition) is 5. The SMILES string of the molecule is CCOc1cc(CNC(=O)[C@H]2CCCN(C(=O)c3ccccc3Cl)C2)cc(OCC)c1OCC. The Morgan fingerprint density at radius 3 is 2.29 bits per heavy atom. The van der Waals surface area contributed by atoms with Gasteiger partial charge in [-0.05, 0) is 63.4 Å². The van der Waals surface area contributed by atoms with E-state index >= 15 is 0 Å². The molecule has 1 aliphatic heterocycles. The highest BCUT2D eigenvalue weighted by molar-refractivity contribution is 6.33. The highest BCUT2D eigenvalue weighted by Crippen LogP contribution is 2.39. The summed E-state index contributed by atoms with van der Waals surface area (Å²) < 4.78 is 17.3. The van der Waals surface area contributed by atoms with Crippen LogP contribution in [0.25, 0.3) is 0 Å². The third-order valence-corrected chi connectivity index (χ3v) is 5.95. The van der Waals surface area contributed by atoms with E-state index in [1.807, 2.05) is 32.9 Å². The third kappa shape index (κ3) is 6.35. The van der Waals surface area contributed by atoms with Gasteiger partial charge in [-0.1, -0.05) is 23.7 Å². The summed E-state index contributed by atoms with van der Waals surface area (Å²) in [6, 6.07) is 10.7. The lowest BCUT2D eigenvalue weighted by Crippen LogP contribution is -2.45. The second kappa shape index (κ2) is 12.5. The van der Waals surface area contributed by atoms with Crippen LogP contribution in [-0.4, -0.2) is 49.6 Å². The van der Waals surface area contributed by atoms with E-state index in [1.165, 1.54) is 0 Å². The summed E-state index contributed by atoms with van der Waals surface area (Å²) in [7, 11) is 0. The highest BCUT2D eigenvalue weighted by atomic mass is 35.5. The molecule has 184 valence electrons. The molecule has 1 saturated heterocycles. The van der Waals surface area contributed by atoms with Gasteiger partial charge in [-0.15, -0.1) is 0 Å². The van der Waals surface area contributed by atoms with Crippen molar-refractivity contribution in [1.82, 2.24) is 10.2 Å². The fraction of sp³-hybridized carbons (Fsp3) is 0.462. The second-order valence-electron chi connectivity index (χ2n) is 8.01. The molecule has 3 rings (SSSR count). The van der Waals surface area contributed by atoms with Crippen molar-refractivity contribution < 1.29 is 23.8 Å². The Balaban J connectivity index is 1.67. The number of benzene rings is 2. The van der Waals surface area contributed by atoms with Crippen LogP contribution in [0.5, 0.6) is 17.2 Å². The van der Waals surface area contributed by atoms with Crippen LogP contribution in [0.4, 0.5) is 0 Å². The number of likely N-dealkylation sites (tertiary alicyclic amines) is 1. The van der Waals surface area contributed by atoms with E-state index < -0.39 is 0 Å². The zero-order chi connectivity index (χ0) is 24.5. The third-order valence-electron chi connectivity index (χ3n) is 5.62. The van der Waals surface area contributed by atoms with E-state index in [2.05, 4.69) is 5.32 Å². The van der Waals surface area contributed by atoms with Crippen LogP contribution in [0.2, 0.25) is 5.02 Å². The first-order valence-corrected chi connectivity index (χ1v) is 12.2. The van der Waals surface area contributed by atoms with E-state index in [0.717, 1.165) is 18.4 Å². The van der Waals surface area contributed by atoms with Crippen molar-refractivity contribution in [1.29, 1.82) is 0 Å². The molecule has 1 aliphatic rings. The topological polar surface area (TPSA) is 77.1 Å². The predicted molar refractivity (Wildman–Crippen MR) is 132 cm³/mol. The molecule has 0 aliphatic carbocycles. The van der Waals surface area contributed by atoms with Crippen molar-refractivity contribution in [2.24, 2.45) is 5.92 Å². The van der Waals surface area contributed by atoms with Crippen molar-refractivity contribution in [2.75, 3.05) is 32.9 Å². The number of rotatable bonds is 10. The first-order chi connectivity index (χ1) is 16.5. The molecule has 0 aromatic heterocycles. The molecule has 0 saturated carbocycles. The summed E-state index contributed by atoms with van der Waals surface area (Å²) in [4.78, 5) is 27.6. The molecule has 1 fully saturated rings. The lowest BCUT2D eigenvalue weighted by atomic mass is 9.96. The number of nitrogens with zero attached hydrogens (tertiary/aromatic N) is 1. The maximum Gasteiger partial charge on any atom is 0.255 e. The van der Waals surface area contributed by atoms with Crippen molar-refractivity contribution in [3.05, 3.63) is 52.5 Å². The predicted octanol–water partition coefficient (Wildman–Crippen LogP) is 4.70. The number of halogens is 1. The Morgan fingerprint density at radius 2 is 1.68 bits per heavy atom. The van der Waals surface area contributed by atoms with Crippen molar-refractivity contribution >= 4 is 23.4 Å². The molecule has 0 unspecified atom stereocenters. The van der Waals surface area contributed by atoms with Gasteiger partial charge in [-0.3, -0.25) is 9.59 Å². The molecule has 2 aromatic carbocycles. The van der Waals surface area contributed by atoms with Gasteiger partial charge < -0.3 is 24.4 Å². The van der Waals surface area contributed by atoms with E-state index in [-0.39, 0.29) is 17.7 Å². The lowest BCUT2D eigenvalue weighted by Gasteiger charge is -2.32. The van der Waals surface area contributed by atoms with Crippen LogP contribution >= 0.6 is 11.6 Å². The maximum atomic E-state index is 13.0. The minimum absolute atomic E-state index is 0.0820. The molecule has 0 bridgehead atoms. The smallest absolute Gasteiger partial charge is 0.255 e. The van der Waals surface area contributed by atoms with Crippen LogP contribution in [0, 0.1) is 5.92 Å². The molecule has 1 atom stereocenters. The van der Waals surface area contributed by atoms with E-state index in [4.69, 9.17) is 25.8 Å². The van der Waals surface area contributed by atoms with Crippen molar-refractivity contribution in [2.45, 2.75) is 40.2 Å². The van der Waals surface area contributed by atoms with E-state index in [1.54, 1.807) is 29.2 Å². The molecule has 1 heterocycles. The largest absolute Gasteiger partial charge is 0.490 e. The van der Waals surface area contributed by atoms with Gasteiger partial charge in [0.1, 0.15) is 0 Å². The Hall–Kier alpha value is -2.93. The number of nitrogens with one attached hydrogen (secondary N) is 1. The van der Waals surface area contributed by atoms with Gasteiger partial charge in [0.25, 0.3) is 5.91 Å². The fourth-order valence-electron chi connectivity index (χ4n) is 4.06. The number of carbonyl (C=O) groups is 2. The Labute approximate surface area is 206 Å². The number of carbonyl (C=O) groups excluding carboxylic acids is 2. The molecule has 7 nitrogen and oxygen atoms in total. The Bertz CT molecular complexity index is 970. The minimum atomic E-state index is -0.277. The Morgan fingerprint density at radius 1 is 1.03 bits per heavy atom. The summed E-state index contributed by atoms with van der Waals surface area (Å²) >= 11 is 6.20. The molecular weight excluding hydrogens is 456 g/mol. The zero-order valence-corrected chi connectivity index (χ0v) is 20.8. The van der Waals surface area contributed by atoms with Gasteiger partial charge in [-0.2, -0.15) is 0 Å². The average molecular weight is 489 g/mol. The molecule has 2 amide bonds. The van der Waals surface area contributed by atoms with Gasteiger partial charge in [0.2, 0.25) is 11.7 Å². The van der Waals surface area contributed by atoms with Crippen molar-refractivity contribution in [3.8, 4) is 17.2 Å². The first kappa shape index (κ1) is 25.7. The van der Waals surface area contributed by atoms with Crippen LogP contribution in [-0.2, 0) is 11.3 Å². The summed E-state index contributed by atoms with van der Waals surface area (Å²) in [6.07, 6.45) is 1.50. The first-order valence-electron chi connectivity index (χ1n) is 11.8. The van der Waals surface area contributed by atoms with Gasteiger partial charge in [-0.25, -0.2) is 0 Å². The van der Waals surface area contributed by atoms with Crippen LogP contribution in [0.15, 0.2) is 36.4 Å². The lowest BCUT2D eigenvalue weighted by molar-refractivity contribution is -0.126. The normalized spacial score (nSPS) is 15.5. The Kier molecular flexibility index (Phi) is 9.45. The number of hydrogen-bond donors (Lipinski definition) is 1.